The van der Waals surface area contributed by atoms with E-state index in [9.17, 15) is 9.59 Å². The number of hydrogen-bond donors (Lipinski definition) is 1. The number of hydrogen-bond acceptors (Lipinski definition) is 3. The molecule has 2 amide bonds. The molecule has 150 valence electrons. The molecular weight excluding hydrogens is 409 g/mol. The van der Waals surface area contributed by atoms with Gasteiger partial charge in [0, 0.05) is 18.1 Å². The molecule has 0 spiro atoms. The average molecular weight is 430 g/mol. The molecule has 0 saturated heterocycles. The molecule has 2 aromatic carbocycles. The molecule has 7 heteroatoms. The predicted molar refractivity (Wildman–Crippen MR) is 118 cm³/mol. The number of fused-ring (bicyclic) bond motifs is 1. The Morgan fingerprint density at radius 2 is 1.69 bits per heavy atom. The topological polar surface area (TPSA) is 62.3 Å². The van der Waals surface area contributed by atoms with Crippen LogP contribution in [0.1, 0.15) is 16.8 Å². The number of aryl methyl sites for hydroxylation is 2. The van der Waals surface area contributed by atoms with E-state index in [0.29, 0.717) is 15.7 Å². The SMILES string of the molecule is Cc1nc2ccccc2c(C)c1CC(=O)N(C)CC(=O)Nc1c(Cl)cccc1Cl. The second kappa shape index (κ2) is 8.80. The Morgan fingerprint density at radius 1 is 1.03 bits per heavy atom. The summed E-state index contributed by atoms with van der Waals surface area (Å²) in [6.07, 6.45) is 0.173. The lowest BCUT2D eigenvalue weighted by atomic mass is 9.99. The van der Waals surface area contributed by atoms with Gasteiger partial charge in [-0.3, -0.25) is 14.6 Å². The van der Waals surface area contributed by atoms with Crippen LogP contribution in [-0.4, -0.2) is 35.3 Å². The van der Waals surface area contributed by atoms with Gasteiger partial charge in [-0.05, 0) is 43.2 Å². The average Bonchev–Trinajstić information content (AvgIpc) is 2.68. The fourth-order valence-electron chi connectivity index (χ4n) is 3.22. The second-order valence-electron chi connectivity index (χ2n) is 6.89. The van der Waals surface area contributed by atoms with Gasteiger partial charge in [0.05, 0.1) is 34.2 Å². The zero-order valence-electron chi connectivity index (χ0n) is 16.4. The van der Waals surface area contributed by atoms with Gasteiger partial charge >= 0.3 is 0 Å². The molecule has 0 aliphatic rings. The molecule has 0 bridgehead atoms. The summed E-state index contributed by atoms with van der Waals surface area (Å²) in [5.74, 6) is -0.547. The van der Waals surface area contributed by atoms with Crippen LogP contribution in [0.15, 0.2) is 42.5 Å². The molecule has 1 heterocycles. The van der Waals surface area contributed by atoms with Crippen molar-refractivity contribution in [2.24, 2.45) is 0 Å². The van der Waals surface area contributed by atoms with Crippen molar-refractivity contribution in [2.75, 3.05) is 18.9 Å². The van der Waals surface area contributed by atoms with E-state index in [-0.39, 0.29) is 24.8 Å². The van der Waals surface area contributed by atoms with Crippen LogP contribution < -0.4 is 5.32 Å². The summed E-state index contributed by atoms with van der Waals surface area (Å²) < 4.78 is 0. The number of halogens is 2. The van der Waals surface area contributed by atoms with E-state index >= 15 is 0 Å². The fraction of sp³-hybridized carbons (Fsp3) is 0.227. The van der Waals surface area contributed by atoms with Gasteiger partial charge in [0.15, 0.2) is 0 Å². The highest BCUT2D eigenvalue weighted by Gasteiger charge is 2.18. The minimum atomic E-state index is -0.374. The third-order valence-corrected chi connectivity index (χ3v) is 5.48. The molecular formula is C22H21Cl2N3O2. The monoisotopic (exact) mass is 429 g/mol. The largest absolute Gasteiger partial charge is 0.336 e. The molecule has 5 nitrogen and oxygen atoms in total. The summed E-state index contributed by atoms with van der Waals surface area (Å²) in [5, 5.41) is 4.37. The molecule has 0 fully saturated rings. The number of rotatable bonds is 5. The minimum absolute atomic E-state index is 0.112. The molecule has 0 aliphatic carbocycles. The number of carbonyl (C=O) groups is 2. The number of amides is 2. The van der Waals surface area contributed by atoms with Crippen molar-refractivity contribution in [3.8, 4) is 0 Å². The van der Waals surface area contributed by atoms with Crippen LogP contribution in [0.4, 0.5) is 5.69 Å². The summed E-state index contributed by atoms with van der Waals surface area (Å²) in [6, 6.07) is 12.8. The lowest BCUT2D eigenvalue weighted by Crippen LogP contribution is -2.36. The number of aromatic nitrogens is 1. The first-order chi connectivity index (χ1) is 13.8. The lowest BCUT2D eigenvalue weighted by Gasteiger charge is -2.19. The number of para-hydroxylation sites is 2. The highest BCUT2D eigenvalue weighted by Crippen LogP contribution is 2.29. The lowest BCUT2D eigenvalue weighted by molar-refractivity contribution is -0.132. The molecule has 0 aliphatic heterocycles. The maximum Gasteiger partial charge on any atom is 0.244 e. The van der Waals surface area contributed by atoms with Crippen molar-refractivity contribution >= 4 is 51.6 Å². The molecule has 0 atom stereocenters. The molecule has 3 rings (SSSR count). The van der Waals surface area contributed by atoms with E-state index in [0.717, 1.165) is 27.7 Å². The highest BCUT2D eigenvalue weighted by atomic mass is 35.5. The van der Waals surface area contributed by atoms with Crippen LogP contribution in [0.3, 0.4) is 0 Å². The van der Waals surface area contributed by atoms with Crippen molar-refractivity contribution in [3.05, 3.63) is 69.3 Å². The fourth-order valence-corrected chi connectivity index (χ4v) is 3.71. The number of anilines is 1. The zero-order chi connectivity index (χ0) is 21.1. The Bertz CT molecular complexity index is 1080. The van der Waals surface area contributed by atoms with Crippen LogP contribution >= 0.6 is 23.2 Å². The van der Waals surface area contributed by atoms with Gasteiger partial charge in [-0.25, -0.2) is 0 Å². The van der Waals surface area contributed by atoms with Gasteiger partial charge in [-0.2, -0.15) is 0 Å². The quantitative estimate of drug-likeness (QED) is 0.633. The number of benzene rings is 2. The molecule has 29 heavy (non-hydrogen) atoms. The summed E-state index contributed by atoms with van der Waals surface area (Å²) in [4.78, 5) is 31.1. The van der Waals surface area contributed by atoms with Crippen molar-refractivity contribution < 1.29 is 9.59 Å². The summed E-state index contributed by atoms with van der Waals surface area (Å²) in [5.41, 5.74) is 3.97. The molecule has 3 aromatic rings. The van der Waals surface area contributed by atoms with E-state index in [1.807, 2.05) is 38.1 Å². The molecule has 1 aromatic heterocycles. The first-order valence-electron chi connectivity index (χ1n) is 9.10. The van der Waals surface area contributed by atoms with Crippen molar-refractivity contribution in [3.63, 3.8) is 0 Å². The van der Waals surface area contributed by atoms with Crippen LogP contribution in [0.2, 0.25) is 10.0 Å². The molecule has 0 unspecified atom stereocenters. The van der Waals surface area contributed by atoms with Crippen LogP contribution in [0, 0.1) is 13.8 Å². The van der Waals surface area contributed by atoms with Gasteiger partial charge in [-0.15, -0.1) is 0 Å². The predicted octanol–water partition coefficient (Wildman–Crippen LogP) is 4.80. The third-order valence-electron chi connectivity index (χ3n) is 4.85. The van der Waals surface area contributed by atoms with Gasteiger partial charge in [0.2, 0.25) is 11.8 Å². The number of likely N-dealkylation sites (N-methyl/N-ethyl adjacent to an activating group) is 1. The maximum absolute atomic E-state index is 12.7. The normalized spacial score (nSPS) is 10.8. The van der Waals surface area contributed by atoms with Crippen molar-refractivity contribution in [1.29, 1.82) is 0 Å². The van der Waals surface area contributed by atoms with Crippen LogP contribution in [0.5, 0.6) is 0 Å². The number of nitrogens with one attached hydrogen (secondary N) is 1. The summed E-state index contributed by atoms with van der Waals surface area (Å²) >= 11 is 12.2. The highest BCUT2D eigenvalue weighted by molar-refractivity contribution is 6.39. The Hall–Kier alpha value is -2.63. The Balaban J connectivity index is 1.71. The Kier molecular flexibility index (Phi) is 6.40. The van der Waals surface area contributed by atoms with Gasteiger partial charge < -0.3 is 10.2 Å². The number of carbonyl (C=O) groups excluding carboxylic acids is 2. The van der Waals surface area contributed by atoms with Crippen molar-refractivity contribution in [1.82, 2.24) is 9.88 Å². The minimum Gasteiger partial charge on any atom is -0.336 e. The smallest absolute Gasteiger partial charge is 0.244 e. The Labute approximate surface area is 179 Å². The van der Waals surface area contributed by atoms with E-state index in [4.69, 9.17) is 23.2 Å². The standard InChI is InChI=1S/C22H21Cl2N3O2/c1-13-15-7-4-5-10-19(15)25-14(2)16(13)11-21(29)27(3)12-20(28)26-22-17(23)8-6-9-18(22)24/h4-10H,11-12H2,1-3H3,(H,26,28). The number of pyridine rings is 1. The van der Waals surface area contributed by atoms with E-state index in [1.165, 1.54) is 4.90 Å². The first-order valence-corrected chi connectivity index (χ1v) is 9.86. The summed E-state index contributed by atoms with van der Waals surface area (Å²) in [6.45, 7) is 3.78. The van der Waals surface area contributed by atoms with Crippen LogP contribution in [0.25, 0.3) is 10.9 Å². The zero-order valence-corrected chi connectivity index (χ0v) is 17.9. The van der Waals surface area contributed by atoms with Crippen molar-refractivity contribution in [2.45, 2.75) is 20.3 Å². The van der Waals surface area contributed by atoms with E-state index in [1.54, 1.807) is 25.2 Å². The second-order valence-corrected chi connectivity index (χ2v) is 7.70. The molecule has 0 saturated carbocycles. The van der Waals surface area contributed by atoms with Crippen LogP contribution in [-0.2, 0) is 16.0 Å². The van der Waals surface area contributed by atoms with E-state index < -0.39 is 0 Å². The maximum atomic E-state index is 12.7. The van der Waals surface area contributed by atoms with Gasteiger partial charge in [0.1, 0.15) is 0 Å². The third kappa shape index (κ3) is 4.69. The molecule has 1 N–H and O–H groups in total. The first kappa shape index (κ1) is 21.1. The number of nitrogens with zero attached hydrogens (tertiary/aromatic N) is 2. The summed E-state index contributed by atoms with van der Waals surface area (Å²) in [7, 11) is 1.59. The van der Waals surface area contributed by atoms with E-state index in [2.05, 4.69) is 10.3 Å². The Morgan fingerprint density at radius 3 is 2.38 bits per heavy atom. The van der Waals surface area contributed by atoms with Gasteiger partial charge in [0.25, 0.3) is 0 Å². The van der Waals surface area contributed by atoms with Gasteiger partial charge in [-0.1, -0.05) is 47.5 Å². The molecule has 0 radical (unpaired) electrons.